The van der Waals surface area contributed by atoms with Crippen molar-refractivity contribution >= 4 is 23.7 Å². The quantitative estimate of drug-likeness (QED) is 0.166. The van der Waals surface area contributed by atoms with E-state index in [2.05, 4.69) is 4.74 Å². The molecule has 1 aromatic carbocycles. The lowest BCUT2D eigenvalue weighted by molar-refractivity contribution is -0.319. The van der Waals surface area contributed by atoms with Crippen LogP contribution < -0.4 is 4.74 Å². The molecule has 3 aliphatic heterocycles. The van der Waals surface area contributed by atoms with Crippen LogP contribution in [-0.4, -0.2) is 167 Å². The summed E-state index contributed by atoms with van der Waals surface area (Å²) in [5.41, 5.74) is -4.26. The highest BCUT2D eigenvalue weighted by atomic mass is 16.7. The van der Waals surface area contributed by atoms with Gasteiger partial charge in [-0.25, -0.2) is 4.79 Å². The third kappa shape index (κ3) is 13.3. The fraction of sp³-hybridized carbons (Fsp3) is 0.787. The minimum atomic E-state index is -1.96. The molecule has 65 heavy (non-hydrogen) atoms. The Labute approximate surface area is 384 Å². The second-order valence-electron chi connectivity index (χ2n) is 19.0. The number of rotatable bonds is 10. The molecule has 5 N–H and O–H groups in total. The number of methoxy groups -OCH3 is 2. The molecule has 0 aromatic heterocycles. The van der Waals surface area contributed by atoms with E-state index in [4.69, 9.17) is 38.3 Å². The SMILES string of the molecule is CC(=O)Oc1ccccc1C(=O)O.CC[C@H]1OC(=O)[C@H](C)[C@@H](O[C@H]2C[C@@](C)(OC)[C@@H](O)[C@H](C)O2)[C@H](C)[C@@H](O[C@@H]2O[C@H](C)C[C@H](N(C)C)[C@H]2O)[C@](C)(OC)C[C@@H](C)C(=O)[C@H](C)[C@@H](O)[C@]1(C)O. The summed E-state index contributed by atoms with van der Waals surface area (Å²) in [5.74, 6) is -6.05. The average Bonchev–Trinajstić information content (AvgIpc) is 3.24. The molecule has 3 aliphatic rings. The summed E-state index contributed by atoms with van der Waals surface area (Å²) in [4.78, 5) is 51.3. The molecule has 3 heterocycles. The van der Waals surface area contributed by atoms with Gasteiger partial charge in [-0.05, 0) is 87.0 Å². The number of hydrogen-bond acceptors (Lipinski definition) is 17. The molecule has 0 saturated carbocycles. The molecular weight excluding hydrogens is 851 g/mol. The lowest BCUT2D eigenvalue weighted by atomic mass is 9.74. The van der Waals surface area contributed by atoms with Crippen molar-refractivity contribution in [3.63, 3.8) is 0 Å². The molecule has 0 aliphatic carbocycles. The second kappa shape index (κ2) is 23.2. The number of carboxylic acid groups (broad SMARTS) is 1. The molecule has 4 rings (SSSR count). The van der Waals surface area contributed by atoms with Crippen LogP contribution in [0.2, 0.25) is 0 Å². The average molecular weight is 928 g/mol. The van der Waals surface area contributed by atoms with E-state index in [0.29, 0.717) is 6.42 Å². The summed E-state index contributed by atoms with van der Waals surface area (Å²) in [6, 6.07) is 5.70. The van der Waals surface area contributed by atoms with Crippen molar-refractivity contribution in [3.05, 3.63) is 29.8 Å². The molecule has 3 saturated heterocycles. The number of cyclic esters (lactones) is 1. The monoisotopic (exact) mass is 928 g/mol. The number of ketones is 1. The first-order valence-electron chi connectivity index (χ1n) is 22.5. The zero-order valence-corrected chi connectivity index (χ0v) is 40.9. The lowest BCUT2D eigenvalue weighted by Gasteiger charge is -2.50. The van der Waals surface area contributed by atoms with E-state index < -0.39 is 114 Å². The van der Waals surface area contributed by atoms with E-state index in [0.717, 1.165) is 0 Å². The standard InChI is InChI=1S/C38H69NO13.C9H8O4/c1-15-26-38(10,45)31(42)21(4)28(40)19(2)17-37(9,47-14)33(52-35-29(41)25(39(11)12)16-20(3)48-35)22(5)30(23(6)34(44)50-26)51-27-18-36(8,46-13)32(43)24(7)49-27;1-6(10)13-8-5-3-2-4-7(8)9(11)12/h19-27,29-33,35,41-43,45H,15-18H2,1-14H3;2-5H,1H3,(H,11,12)/t19-,20-,21+,22+,23-,24+,25+,26-,27+,29-,30+,31-,32+,33-,35+,36-,37-,38-;/m1./s1. The normalized spacial score (nSPS) is 41.1. The number of nitrogens with zero attached hydrogens (tertiary/aromatic N) is 1. The number of carbonyl (C=O) groups is 4. The number of para-hydroxylation sites is 1. The number of aliphatic hydroxyl groups is 4. The first-order valence-corrected chi connectivity index (χ1v) is 22.5. The summed E-state index contributed by atoms with van der Waals surface area (Å²) in [6.07, 6.45) is -8.73. The van der Waals surface area contributed by atoms with Crippen LogP contribution in [0.3, 0.4) is 0 Å². The van der Waals surface area contributed by atoms with E-state index in [1.165, 1.54) is 40.2 Å². The third-order valence-electron chi connectivity index (χ3n) is 13.6. The van der Waals surface area contributed by atoms with Gasteiger partial charge >= 0.3 is 17.9 Å². The van der Waals surface area contributed by atoms with Gasteiger partial charge in [-0.15, -0.1) is 0 Å². The molecule has 3 fully saturated rings. The predicted molar refractivity (Wildman–Crippen MR) is 236 cm³/mol. The maximum Gasteiger partial charge on any atom is 0.339 e. The zero-order chi connectivity index (χ0) is 49.5. The van der Waals surface area contributed by atoms with E-state index in [1.807, 2.05) is 32.8 Å². The molecule has 1 aromatic rings. The maximum absolute atomic E-state index is 14.2. The third-order valence-corrected chi connectivity index (χ3v) is 13.6. The molecule has 0 radical (unpaired) electrons. The van der Waals surface area contributed by atoms with Crippen LogP contribution in [-0.2, 0) is 47.5 Å². The van der Waals surface area contributed by atoms with Gasteiger partial charge in [0.05, 0.1) is 47.6 Å². The smallest absolute Gasteiger partial charge is 0.339 e. The van der Waals surface area contributed by atoms with Crippen molar-refractivity contribution in [3.8, 4) is 5.75 Å². The summed E-state index contributed by atoms with van der Waals surface area (Å²) < 4.78 is 48.6. The van der Waals surface area contributed by atoms with Crippen LogP contribution >= 0.6 is 0 Å². The highest BCUT2D eigenvalue weighted by Crippen LogP contribution is 2.42. The van der Waals surface area contributed by atoms with Crippen LogP contribution in [0.4, 0.5) is 0 Å². The number of aliphatic hydroxyl groups excluding tert-OH is 3. The largest absolute Gasteiger partial charge is 0.478 e. The fourth-order valence-electron chi connectivity index (χ4n) is 9.47. The molecule has 372 valence electrons. The predicted octanol–water partition coefficient (Wildman–Crippen LogP) is 3.75. The van der Waals surface area contributed by atoms with Gasteiger partial charge in [0, 0.05) is 51.4 Å². The molecule has 0 unspecified atom stereocenters. The Morgan fingerprint density at radius 1 is 0.862 bits per heavy atom. The van der Waals surface area contributed by atoms with E-state index in [9.17, 15) is 39.6 Å². The highest BCUT2D eigenvalue weighted by molar-refractivity contribution is 5.91. The number of benzene rings is 1. The maximum atomic E-state index is 14.2. The Morgan fingerprint density at radius 3 is 2.00 bits per heavy atom. The van der Waals surface area contributed by atoms with Gasteiger partial charge < -0.3 is 68.3 Å². The first-order chi connectivity index (χ1) is 30.1. The summed E-state index contributed by atoms with van der Waals surface area (Å²) in [6.45, 7) is 18.3. The number of aromatic carboxylic acids is 1. The number of carbonyl (C=O) groups excluding carboxylic acids is 3. The number of ether oxygens (including phenoxy) is 8. The second-order valence-corrected chi connectivity index (χ2v) is 19.0. The van der Waals surface area contributed by atoms with Crippen molar-refractivity contribution < 1.29 is 82.6 Å². The van der Waals surface area contributed by atoms with Crippen molar-refractivity contribution in [2.45, 2.75) is 186 Å². The first kappa shape index (κ1) is 56.2. The van der Waals surface area contributed by atoms with Gasteiger partial charge in [0.25, 0.3) is 0 Å². The molecule has 0 bridgehead atoms. The number of hydrogen-bond donors (Lipinski definition) is 5. The van der Waals surface area contributed by atoms with Crippen LogP contribution in [0.25, 0.3) is 0 Å². The molecule has 0 spiro atoms. The van der Waals surface area contributed by atoms with Gasteiger partial charge in [-0.1, -0.05) is 39.8 Å². The Kier molecular flexibility index (Phi) is 20.1. The number of likely N-dealkylation sites (N-methyl/N-ethyl adjacent to an activating group) is 1. The van der Waals surface area contributed by atoms with Crippen molar-refractivity contribution in [1.82, 2.24) is 4.90 Å². The van der Waals surface area contributed by atoms with Gasteiger partial charge in [0.2, 0.25) is 0 Å². The van der Waals surface area contributed by atoms with Gasteiger partial charge in [-0.2, -0.15) is 0 Å². The summed E-state index contributed by atoms with van der Waals surface area (Å²) >= 11 is 0. The van der Waals surface area contributed by atoms with E-state index in [1.54, 1.807) is 60.6 Å². The van der Waals surface area contributed by atoms with Gasteiger partial charge in [0.15, 0.2) is 12.6 Å². The summed E-state index contributed by atoms with van der Waals surface area (Å²) in [7, 11) is 6.77. The van der Waals surface area contributed by atoms with Gasteiger partial charge in [-0.3, -0.25) is 14.4 Å². The van der Waals surface area contributed by atoms with Crippen molar-refractivity contribution in [2.75, 3.05) is 28.3 Å². The zero-order valence-electron chi connectivity index (χ0n) is 40.9. The Balaban J connectivity index is 0.000000738. The van der Waals surface area contributed by atoms with E-state index in [-0.39, 0.29) is 48.5 Å². The topological polar surface area (TPSA) is 247 Å². The lowest BCUT2D eigenvalue weighted by Crippen LogP contribution is -2.61. The summed E-state index contributed by atoms with van der Waals surface area (Å²) in [5, 5.41) is 54.2. The fourth-order valence-corrected chi connectivity index (χ4v) is 9.47. The van der Waals surface area contributed by atoms with Crippen molar-refractivity contribution in [1.29, 1.82) is 0 Å². The number of carboxylic acids is 1. The van der Waals surface area contributed by atoms with Crippen LogP contribution in [0.15, 0.2) is 24.3 Å². The molecule has 18 nitrogen and oxygen atoms in total. The Bertz CT molecular complexity index is 1740. The molecular formula is C47H77NO17. The highest BCUT2D eigenvalue weighted by Gasteiger charge is 2.54. The number of esters is 2. The molecule has 18 heteroatoms. The van der Waals surface area contributed by atoms with Crippen LogP contribution in [0, 0.1) is 23.7 Å². The van der Waals surface area contributed by atoms with Crippen molar-refractivity contribution in [2.24, 2.45) is 23.7 Å². The minimum absolute atomic E-state index is 0.0160. The van der Waals surface area contributed by atoms with Crippen LogP contribution in [0.1, 0.15) is 112 Å². The minimum Gasteiger partial charge on any atom is -0.478 e. The molecule has 0 amide bonds. The van der Waals surface area contributed by atoms with Gasteiger partial charge in [0.1, 0.15) is 41.0 Å². The Hall–Kier alpha value is -3.14. The van der Waals surface area contributed by atoms with Crippen LogP contribution in [0.5, 0.6) is 5.75 Å². The van der Waals surface area contributed by atoms with E-state index >= 15 is 0 Å². The number of Topliss-reactive ketones (excluding diaryl/α,β-unsaturated/α-hetero) is 1. The molecule has 18 atom stereocenters. The Morgan fingerprint density at radius 2 is 1.46 bits per heavy atom.